The molecule has 1 aliphatic rings. The van der Waals surface area contributed by atoms with Crippen molar-refractivity contribution in [1.82, 2.24) is 4.90 Å². The number of ether oxygens (including phenoxy) is 1. The summed E-state index contributed by atoms with van der Waals surface area (Å²) < 4.78 is 10.6. The first-order valence-corrected chi connectivity index (χ1v) is 7.91. The Kier molecular flexibility index (Phi) is 4.83. The van der Waals surface area contributed by atoms with Gasteiger partial charge in [0.1, 0.15) is 11.5 Å². The zero-order valence-corrected chi connectivity index (χ0v) is 13.7. The van der Waals surface area contributed by atoms with E-state index >= 15 is 0 Å². The second-order valence-electron chi connectivity index (χ2n) is 5.88. The van der Waals surface area contributed by atoms with Crippen LogP contribution in [0.2, 0.25) is 0 Å². The Morgan fingerprint density at radius 1 is 1.28 bits per heavy atom. The average molecular weight is 342 g/mol. The first-order chi connectivity index (χ1) is 12.0. The van der Waals surface area contributed by atoms with E-state index in [1.807, 2.05) is 0 Å². The Hall–Kier alpha value is -3.09. The van der Waals surface area contributed by atoms with Gasteiger partial charge in [0.25, 0.3) is 0 Å². The second-order valence-corrected chi connectivity index (χ2v) is 5.88. The highest BCUT2D eigenvalue weighted by molar-refractivity contribution is 5.89. The van der Waals surface area contributed by atoms with Gasteiger partial charge in [0.05, 0.1) is 18.7 Å². The lowest BCUT2D eigenvalue weighted by Gasteiger charge is -2.14. The van der Waals surface area contributed by atoms with E-state index in [1.165, 1.54) is 6.92 Å². The van der Waals surface area contributed by atoms with Crippen molar-refractivity contribution in [3.05, 3.63) is 48.4 Å². The molecule has 1 fully saturated rings. The lowest BCUT2D eigenvalue weighted by Crippen LogP contribution is -2.27. The van der Waals surface area contributed by atoms with Crippen molar-refractivity contribution in [2.24, 2.45) is 5.92 Å². The van der Waals surface area contributed by atoms with Gasteiger partial charge >= 0.3 is 5.97 Å². The van der Waals surface area contributed by atoms with E-state index in [0.717, 1.165) is 0 Å². The Bertz CT molecular complexity index is 767. The van der Waals surface area contributed by atoms with Crippen molar-refractivity contribution in [1.29, 1.82) is 0 Å². The average Bonchev–Trinajstić information content (AvgIpc) is 3.20. The molecule has 0 radical (unpaired) electrons. The van der Waals surface area contributed by atoms with E-state index in [4.69, 9.17) is 9.15 Å². The Labute approximate surface area is 144 Å². The Morgan fingerprint density at radius 2 is 2.04 bits per heavy atom. The molecule has 0 spiro atoms. The second kappa shape index (κ2) is 7.21. The molecule has 1 aromatic heterocycles. The van der Waals surface area contributed by atoms with Crippen molar-refractivity contribution >= 4 is 23.5 Å². The maximum atomic E-state index is 12.3. The zero-order valence-electron chi connectivity index (χ0n) is 13.7. The summed E-state index contributed by atoms with van der Waals surface area (Å²) in [5.74, 6) is -0.169. The SMILES string of the molecule is CC(=O)Nc1ccc(OC(=O)C2CC(=O)N(Cc3ccco3)C2)cc1. The summed E-state index contributed by atoms with van der Waals surface area (Å²) in [6, 6.07) is 10.0. The lowest BCUT2D eigenvalue weighted by molar-refractivity contribution is -0.139. The van der Waals surface area contributed by atoms with Crippen LogP contribution >= 0.6 is 0 Å². The standard InChI is InChI=1S/C18H18N2O5/c1-12(21)19-14-4-6-15(7-5-14)25-18(23)13-9-17(22)20(10-13)11-16-3-2-8-24-16/h2-8,13H,9-11H2,1H3,(H,19,21). The van der Waals surface area contributed by atoms with Gasteiger partial charge in [-0.3, -0.25) is 14.4 Å². The highest BCUT2D eigenvalue weighted by atomic mass is 16.5. The van der Waals surface area contributed by atoms with Crippen LogP contribution in [0, 0.1) is 5.92 Å². The highest BCUT2D eigenvalue weighted by Crippen LogP contribution is 2.23. The first kappa shape index (κ1) is 16.8. The number of amides is 2. The molecule has 1 unspecified atom stereocenters. The van der Waals surface area contributed by atoms with Crippen molar-refractivity contribution in [2.45, 2.75) is 19.9 Å². The predicted molar refractivity (Wildman–Crippen MR) is 88.6 cm³/mol. The first-order valence-electron chi connectivity index (χ1n) is 7.91. The van der Waals surface area contributed by atoms with Crippen LogP contribution < -0.4 is 10.1 Å². The number of anilines is 1. The fraction of sp³-hybridized carbons (Fsp3) is 0.278. The quantitative estimate of drug-likeness (QED) is 0.665. The zero-order chi connectivity index (χ0) is 17.8. The van der Waals surface area contributed by atoms with E-state index in [1.54, 1.807) is 47.6 Å². The van der Waals surface area contributed by atoms with Crippen LogP contribution in [0.1, 0.15) is 19.1 Å². The molecular formula is C18H18N2O5. The largest absolute Gasteiger partial charge is 0.467 e. The summed E-state index contributed by atoms with van der Waals surface area (Å²) in [6.45, 7) is 2.07. The molecule has 7 heteroatoms. The molecule has 1 N–H and O–H groups in total. The van der Waals surface area contributed by atoms with Crippen LogP contribution in [0.25, 0.3) is 0 Å². The van der Waals surface area contributed by atoms with Gasteiger partial charge in [0, 0.05) is 25.6 Å². The number of benzene rings is 1. The highest BCUT2D eigenvalue weighted by Gasteiger charge is 2.35. The molecular weight excluding hydrogens is 324 g/mol. The number of nitrogens with zero attached hydrogens (tertiary/aromatic N) is 1. The van der Waals surface area contributed by atoms with Crippen molar-refractivity contribution < 1.29 is 23.5 Å². The molecule has 7 nitrogen and oxygen atoms in total. The molecule has 3 rings (SSSR count). The summed E-state index contributed by atoms with van der Waals surface area (Å²) >= 11 is 0. The van der Waals surface area contributed by atoms with E-state index in [0.29, 0.717) is 30.3 Å². The molecule has 2 heterocycles. The van der Waals surface area contributed by atoms with E-state index in [2.05, 4.69) is 5.32 Å². The number of nitrogens with one attached hydrogen (secondary N) is 1. The number of furan rings is 1. The third-order valence-corrected chi connectivity index (χ3v) is 3.87. The number of hydrogen-bond donors (Lipinski definition) is 1. The molecule has 1 saturated heterocycles. The fourth-order valence-corrected chi connectivity index (χ4v) is 2.68. The van der Waals surface area contributed by atoms with E-state index in [9.17, 15) is 14.4 Å². The molecule has 1 aromatic carbocycles. The molecule has 25 heavy (non-hydrogen) atoms. The van der Waals surface area contributed by atoms with Gasteiger partial charge in [0.2, 0.25) is 11.8 Å². The molecule has 0 aliphatic carbocycles. The van der Waals surface area contributed by atoms with Gasteiger partial charge < -0.3 is 19.4 Å². The summed E-state index contributed by atoms with van der Waals surface area (Å²) in [5.41, 5.74) is 0.618. The van der Waals surface area contributed by atoms with Gasteiger partial charge in [0.15, 0.2) is 0 Å². The van der Waals surface area contributed by atoms with E-state index < -0.39 is 11.9 Å². The Morgan fingerprint density at radius 3 is 2.68 bits per heavy atom. The third-order valence-electron chi connectivity index (χ3n) is 3.87. The maximum Gasteiger partial charge on any atom is 0.316 e. The van der Waals surface area contributed by atoms with Gasteiger partial charge in [-0.2, -0.15) is 0 Å². The Balaban J connectivity index is 1.56. The molecule has 1 aliphatic heterocycles. The van der Waals surface area contributed by atoms with Crippen molar-refractivity contribution in [3.63, 3.8) is 0 Å². The molecule has 0 bridgehead atoms. The molecule has 0 saturated carbocycles. The maximum absolute atomic E-state index is 12.3. The van der Waals surface area contributed by atoms with Crippen LogP contribution in [0.4, 0.5) is 5.69 Å². The van der Waals surface area contributed by atoms with E-state index in [-0.39, 0.29) is 18.2 Å². The lowest BCUT2D eigenvalue weighted by atomic mass is 10.1. The van der Waals surface area contributed by atoms with Crippen LogP contribution in [0.5, 0.6) is 5.75 Å². The van der Waals surface area contributed by atoms with Crippen molar-refractivity contribution in [3.8, 4) is 5.75 Å². The summed E-state index contributed by atoms with van der Waals surface area (Å²) in [4.78, 5) is 36.9. The molecule has 130 valence electrons. The van der Waals surface area contributed by atoms with Crippen LogP contribution in [0.15, 0.2) is 47.1 Å². The van der Waals surface area contributed by atoms with Crippen LogP contribution in [0.3, 0.4) is 0 Å². The normalized spacial score (nSPS) is 16.8. The number of hydrogen-bond acceptors (Lipinski definition) is 5. The fourth-order valence-electron chi connectivity index (χ4n) is 2.68. The predicted octanol–water partition coefficient (Wildman–Crippen LogP) is 2.19. The molecule has 1 atom stereocenters. The smallest absolute Gasteiger partial charge is 0.316 e. The molecule has 2 aromatic rings. The number of rotatable bonds is 5. The van der Waals surface area contributed by atoms with Gasteiger partial charge in [-0.05, 0) is 36.4 Å². The minimum Gasteiger partial charge on any atom is -0.467 e. The monoisotopic (exact) mass is 342 g/mol. The summed E-state index contributed by atoms with van der Waals surface area (Å²) in [7, 11) is 0. The van der Waals surface area contributed by atoms with Crippen LogP contribution in [-0.4, -0.2) is 29.2 Å². The van der Waals surface area contributed by atoms with Gasteiger partial charge in [-0.1, -0.05) is 0 Å². The minimum atomic E-state index is -0.502. The number of carbonyl (C=O) groups is 3. The summed E-state index contributed by atoms with van der Waals surface area (Å²) in [5, 5.41) is 2.63. The van der Waals surface area contributed by atoms with Crippen LogP contribution in [-0.2, 0) is 20.9 Å². The van der Waals surface area contributed by atoms with Gasteiger partial charge in [-0.25, -0.2) is 0 Å². The topological polar surface area (TPSA) is 88.8 Å². The number of esters is 1. The van der Waals surface area contributed by atoms with Gasteiger partial charge in [-0.15, -0.1) is 0 Å². The third kappa shape index (κ3) is 4.26. The minimum absolute atomic E-state index is 0.0978. The molecule has 2 amide bonds. The summed E-state index contributed by atoms with van der Waals surface area (Å²) in [6.07, 6.45) is 1.68. The van der Waals surface area contributed by atoms with Crippen molar-refractivity contribution in [2.75, 3.05) is 11.9 Å². The number of carbonyl (C=O) groups excluding carboxylic acids is 3. The number of likely N-dealkylation sites (tertiary alicyclic amines) is 1.